The van der Waals surface area contributed by atoms with Crippen molar-refractivity contribution in [3.63, 3.8) is 0 Å². The highest BCUT2D eigenvalue weighted by Crippen LogP contribution is 2.14. The lowest BCUT2D eigenvalue weighted by molar-refractivity contribution is -0.149. The lowest BCUT2D eigenvalue weighted by Gasteiger charge is -2.13. The number of unbranched alkanes of at least 4 members (excludes halogenated alkanes) is 2. The van der Waals surface area contributed by atoms with Gasteiger partial charge < -0.3 is 4.74 Å². The molecular formula is C13H26O4S. The molecule has 0 aliphatic heterocycles. The second kappa shape index (κ2) is 9.36. The first-order valence-electron chi connectivity index (χ1n) is 6.75. The van der Waals surface area contributed by atoms with E-state index in [0.717, 1.165) is 25.7 Å². The van der Waals surface area contributed by atoms with Crippen LogP contribution in [-0.2, 0) is 19.4 Å². The SMILES string of the molecule is CCCCC(CC)C(=O)OCCCCS(C)(=O)=O. The van der Waals surface area contributed by atoms with Crippen LogP contribution in [0.5, 0.6) is 0 Å². The molecule has 108 valence electrons. The third-order valence-corrected chi connectivity index (χ3v) is 3.92. The Morgan fingerprint density at radius 3 is 2.33 bits per heavy atom. The number of esters is 1. The van der Waals surface area contributed by atoms with E-state index >= 15 is 0 Å². The minimum Gasteiger partial charge on any atom is -0.465 e. The molecule has 0 aromatic carbocycles. The molecule has 0 saturated carbocycles. The molecule has 0 aliphatic carbocycles. The fourth-order valence-corrected chi connectivity index (χ4v) is 2.42. The Bertz CT molecular complexity index is 322. The van der Waals surface area contributed by atoms with Crippen LogP contribution in [0.4, 0.5) is 0 Å². The fourth-order valence-electron chi connectivity index (χ4n) is 1.70. The number of carbonyl (C=O) groups is 1. The van der Waals surface area contributed by atoms with Gasteiger partial charge in [-0.15, -0.1) is 0 Å². The van der Waals surface area contributed by atoms with Gasteiger partial charge in [0.25, 0.3) is 0 Å². The summed E-state index contributed by atoms with van der Waals surface area (Å²) in [6.45, 7) is 4.42. The standard InChI is InChI=1S/C13H26O4S/c1-4-6-9-12(5-2)13(14)17-10-7-8-11-18(3,15)16/h12H,4-11H2,1-3H3. The summed E-state index contributed by atoms with van der Waals surface area (Å²) in [7, 11) is -2.90. The molecule has 0 N–H and O–H groups in total. The third kappa shape index (κ3) is 9.45. The molecule has 0 saturated heterocycles. The zero-order valence-corrected chi connectivity index (χ0v) is 12.6. The zero-order chi connectivity index (χ0) is 14.0. The van der Waals surface area contributed by atoms with Crippen molar-refractivity contribution in [3.8, 4) is 0 Å². The topological polar surface area (TPSA) is 60.4 Å². The second-order valence-electron chi connectivity index (χ2n) is 4.75. The molecular weight excluding hydrogens is 252 g/mol. The predicted octanol–water partition coefficient (Wildman–Crippen LogP) is 2.57. The van der Waals surface area contributed by atoms with Gasteiger partial charge in [0, 0.05) is 6.26 Å². The highest BCUT2D eigenvalue weighted by atomic mass is 32.2. The smallest absolute Gasteiger partial charge is 0.308 e. The Hall–Kier alpha value is -0.580. The average Bonchev–Trinajstić information content (AvgIpc) is 2.28. The van der Waals surface area contributed by atoms with Crippen LogP contribution in [0, 0.1) is 5.92 Å². The summed E-state index contributed by atoms with van der Waals surface area (Å²) in [6.07, 6.45) is 6.20. The molecule has 0 aromatic heterocycles. The maximum Gasteiger partial charge on any atom is 0.308 e. The van der Waals surface area contributed by atoms with Crippen LogP contribution >= 0.6 is 0 Å². The zero-order valence-electron chi connectivity index (χ0n) is 11.8. The summed E-state index contributed by atoms with van der Waals surface area (Å²) in [5.41, 5.74) is 0. The normalized spacial score (nSPS) is 13.3. The van der Waals surface area contributed by atoms with E-state index in [2.05, 4.69) is 6.92 Å². The molecule has 1 unspecified atom stereocenters. The largest absolute Gasteiger partial charge is 0.465 e. The van der Waals surface area contributed by atoms with E-state index in [1.54, 1.807) is 0 Å². The molecule has 0 rings (SSSR count). The highest BCUT2D eigenvalue weighted by Gasteiger charge is 2.16. The molecule has 0 heterocycles. The maximum atomic E-state index is 11.7. The van der Waals surface area contributed by atoms with Crippen molar-refractivity contribution in [1.82, 2.24) is 0 Å². The Morgan fingerprint density at radius 2 is 1.83 bits per heavy atom. The van der Waals surface area contributed by atoms with Gasteiger partial charge in [0.05, 0.1) is 18.3 Å². The predicted molar refractivity (Wildman–Crippen MR) is 73.2 cm³/mol. The van der Waals surface area contributed by atoms with Gasteiger partial charge in [-0.3, -0.25) is 4.79 Å². The molecule has 1 atom stereocenters. The van der Waals surface area contributed by atoms with Gasteiger partial charge in [-0.1, -0.05) is 26.7 Å². The number of sulfone groups is 1. The van der Waals surface area contributed by atoms with E-state index in [4.69, 9.17) is 4.74 Å². The lowest BCUT2D eigenvalue weighted by atomic mass is 10.00. The highest BCUT2D eigenvalue weighted by molar-refractivity contribution is 7.90. The maximum absolute atomic E-state index is 11.7. The van der Waals surface area contributed by atoms with Crippen LogP contribution in [0.2, 0.25) is 0 Å². The molecule has 18 heavy (non-hydrogen) atoms. The summed E-state index contributed by atoms with van der Waals surface area (Å²) < 4.78 is 27.0. The molecule has 4 nitrogen and oxygen atoms in total. The van der Waals surface area contributed by atoms with Crippen molar-refractivity contribution < 1.29 is 17.9 Å². The number of ether oxygens (including phenoxy) is 1. The van der Waals surface area contributed by atoms with E-state index < -0.39 is 9.84 Å². The molecule has 5 heteroatoms. The van der Waals surface area contributed by atoms with E-state index in [1.807, 2.05) is 6.92 Å². The van der Waals surface area contributed by atoms with Crippen molar-refractivity contribution in [2.45, 2.75) is 52.4 Å². The van der Waals surface area contributed by atoms with Crippen molar-refractivity contribution in [3.05, 3.63) is 0 Å². The number of carbonyl (C=O) groups excluding carboxylic acids is 1. The van der Waals surface area contributed by atoms with E-state index in [1.165, 1.54) is 6.26 Å². The summed E-state index contributed by atoms with van der Waals surface area (Å²) in [4.78, 5) is 11.7. The monoisotopic (exact) mass is 278 g/mol. The molecule has 0 aliphatic rings. The van der Waals surface area contributed by atoms with Gasteiger partial charge in [0.15, 0.2) is 0 Å². The first kappa shape index (κ1) is 17.4. The second-order valence-corrected chi connectivity index (χ2v) is 7.01. The Kier molecular flexibility index (Phi) is 9.06. The first-order chi connectivity index (χ1) is 8.40. The van der Waals surface area contributed by atoms with Crippen LogP contribution in [0.1, 0.15) is 52.4 Å². The molecule has 0 bridgehead atoms. The van der Waals surface area contributed by atoms with Gasteiger partial charge in [0.1, 0.15) is 9.84 Å². The van der Waals surface area contributed by atoms with Gasteiger partial charge in [-0.05, 0) is 25.7 Å². The average molecular weight is 278 g/mol. The van der Waals surface area contributed by atoms with Gasteiger partial charge in [-0.25, -0.2) is 8.42 Å². The van der Waals surface area contributed by atoms with E-state index in [-0.39, 0.29) is 17.6 Å². The molecule has 0 radical (unpaired) electrons. The van der Waals surface area contributed by atoms with Crippen LogP contribution in [0.3, 0.4) is 0 Å². The van der Waals surface area contributed by atoms with Crippen molar-refractivity contribution in [2.24, 2.45) is 5.92 Å². The van der Waals surface area contributed by atoms with Gasteiger partial charge in [-0.2, -0.15) is 0 Å². The molecule has 0 spiro atoms. The minimum absolute atomic E-state index is 0.000132. The lowest BCUT2D eigenvalue weighted by Crippen LogP contribution is -2.18. The first-order valence-corrected chi connectivity index (χ1v) is 8.81. The van der Waals surface area contributed by atoms with Gasteiger partial charge in [0.2, 0.25) is 0 Å². The Morgan fingerprint density at radius 1 is 1.17 bits per heavy atom. The van der Waals surface area contributed by atoms with Crippen molar-refractivity contribution in [1.29, 1.82) is 0 Å². The third-order valence-electron chi connectivity index (χ3n) is 2.89. The summed E-state index contributed by atoms with van der Waals surface area (Å²) >= 11 is 0. The summed E-state index contributed by atoms with van der Waals surface area (Å²) in [5.74, 6) is 0.0302. The Balaban J connectivity index is 3.74. The molecule has 0 amide bonds. The van der Waals surface area contributed by atoms with Gasteiger partial charge >= 0.3 is 5.97 Å². The van der Waals surface area contributed by atoms with Crippen LogP contribution in [-0.4, -0.2) is 33.0 Å². The van der Waals surface area contributed by atoms with Crippen LogP contribution < -0.4 is 0 Å². The molecule has 0 fully saturated rings. The quantitative estimate of drug-likeness (QED) is 0.455. The van der Waals surface area contributed by atoms with Crippen molar-refractivity contribution >= 4 is 15.8 Å². The summed E-state index contributed by atoms with van der Waals surface area (Å²) in [6, 6.07) is 0. The molecule has 0 aromatic rings. The minimum atomic E-state index is -2.90. The van der Waals surface area contributed by atoms with Crippen LogP contribution in [0.15, 0.2) is 0 Å². The van der Waals surface area contributed by atoms with E-state index in [9.17, 15) is 13.2 Å². The summed E-state index contributed by atoms with van der Waals surface area (Å²) in [5, 5.41) is 0. The number of hydrogen-bond donors (Lipinski definition) is 0. The van der Waals surface area contributed by atoms with Crippen molar-refractivity contribution in [2.75, 3.05) is 18.6 Å². The Labute approximate surface area is 111 Å². The fraction of sp³-hybridized carbons (Fsp3) is 0.923. The van der Waals surface area contributed by atoms with Crippen LogP contribution in [0.25, 0.3) is 0 Å². The van der Waals surface area contributed by atoms with E-state index in [0.29, 0.717) is 19.4 Å². The number of hydrogen-bond acceptors (Lipinski definition) is 4. The number of rotatable bonds is 10.